The largest absolute Gasteiger partial charge is 0.369 e. The van der Waals surface area contributed by atoms with Gasteiger partial charge in [0.1, 0.15) is 0 Å². The van der Waals surface area contributed by atoms with Crippen molar-refractivity contribution in [3.8, 4) is 11.8 Å². The summed E-state index contributed by atoms with van der Waals surface area (Å²) in [6.07, 6.45) is 1.88. The first-order chi connectivity index (χ1) is 10.4. The van der Waals surface area contributed by atoms with Crippen molar-refractivity contribution >= 4 is 18.4 Å². The monoisotopic (exact) mass is 298 g/mol. The van der Waals surface area contributed by atoms with Crippen LogP contribution in [0.15, 0.2) is 35.7 Å². The fourth-order valence-corrected chi connectivity index (χ4v) is 2.15. The second-order valence-electron chi connectivity index (χ2n) is 5.18. The summed E-state index contributed by atoms with van der Waals surface area (Å²) in [6.45, 7) is 9.55. The van der Waals surface area contributed by atoms with Gasteiger partial charge in [-0.15, -0.1) is 0 Å². The van der Waals surface area contributed by atoms with Crippen molar-refractivity contribution in [3.05, 3.63) is 36.2 Å². The van der Waals surface area contributed by atoms with Crippen molar-refractivity contribution in [2.24, 2.45) is 5.10 Å². The number of aromatic nitrogens is 1. The molecule has 1 aliphatic rings. The first kappa shape index (κ1) is 15.7. The second kappa shape index (κ2) is 6.00. The predicted octanol–water partition coefficient (Wildman–Crippen LogP) is 0.982. The Morgan fingerprint density at radius 3 is 2.91 bits per heavy atom. The summed E-state index contributed by atoms with van der Waals surface area (Å²) in [5, 5.41) is 15.6. The average molecular weight is 298 g/mol. The van der Waals surface area contributed by atoms with E-state index in [-0.39, 0.29) is 5.91 Å². The molecule has 1 fully saturated rings. The number of allylic oxidation sites excluding steroid dienone is 1. The fraction of sp³-hybridized carbons (Fsp3) is 0.312. The van der Waals surface area contributed by atoms with Gasteiger partial charge in [-0.3, -0.25) is 4.79 Å². The number of carbonyl (C=O) groups excluding carboxylic acids is 1. The molecule has 22 heavy (non-hydrogen) atoms. The van der Waals surface area contributed by atoms with E-state index < -0.39 is 5.60 Å². The van der Waals surface area contributed by atoms with Crippen LogP contribution in [0, 0.1) is 11.8 Å². The molecular formula is C16H18N4O2. The Kier molecular flexibility index (Phi) is 4.29. The maximum Gasteiger partial charge on any atom is 0.267 e. The lowest BCUT2D eigenvalue weighted by molar-refractivity contribution is -0.137. The molecule has 1 aliphatic heterocycles. The number of carbonyl (C=O) groups is 1. The molecule has 1 saturated heterocycles. The lowest BCUT2D eigenvalue weighted by atomic mass is 10.0. The van der Waals surface area contributed by atoms with Crippen molar-refractivity contribution in [1.82, 2.24) is 9.88 Å². The van der Waals surface area contributed by atoms with Crippen LogP contribution in [-0.2, 0) is 4.79 Å². The van der Waals surface area contributed by atoms with E-state index in [4.69, 9.17) is 0 Å². The molecule has 0 aromatic carbocycles. The van der Waals surface area contributed by atoms with Crippen LogP contribution in [0.1, 0.15) is 18.9 Å². The van der Waals surface area contributed by atoms with E-state index in [1.54, 1.807) is 32.3 Å². The third-order valence-corrected chi connectivity index (χ3v) is 3.39. The average Bonchev–Trinajstić information content (AvgIpc) is 2.75. The fourth-order valence-electron chi connectivity index (χ4n) is 2.15. The number of nitrogens with zero attached hydrogens (tertiary/aromatic N) is 4. The summed E-state index contributed by atoms with van der Waals surface area (Å²) in [5.41, 5.74) is -0.322. The first-order valence-corrected chi connectivity index (χ1v) is 6.77. The van der Waals surface area contributed by atoms with Crippen LogP contribution >= 0.6 is 0 Å². The van der Waals surface area contributed by atoms with Crippen molar-refractivity contribution < 1.29 is 9.90 Å². The second-order valence-corrected chi connectivity index (χ2v) is 5.18. The molecule has 6 nitrogen and oxygen atoms in total. The summed E-state index contributed by atoms with van der Waals surface area (Å²) in [5.74, 6) is 5.65. The highest BCUT2D eigenvalue weighted by molar-refractivity contribution is 5.90. The zero-order chi connectivity index (χ0) is 16.3. The molecule has 0 unspecified atom stereocenters. The minimum Gasteiger partial charge on any atom is -0.369 e. The number of aliphatic hydroxyl groups is 1. The minimum atomic E-state index is -1.61. The van der Waals surface area contributed by atoms with Gasteiger partial charge in [-0.1, -0.05) is 18.4 Å². The Labute approximate surface area is 129 Å². The normalized spacial score (nSPS) is 20.3. The Bertz CT molecular complexity index is 689. The van der Waals surface area contributed by atoms with E-state index in [0.29, 0.717) is 30.0 Å². The zero-order valence-corrected chi connectivity index (χ0v) is 12.7. The smallest absolute Gasteiger partial charge is 0.267 e. The van der Waals surface area contributed by atoms with Gasteiger partial charge < -0.3 is 10.0 Å². The molecule has 0 aliphatic carbocycles. The molecule has 0 bridgehead atoms. The van der Waals surface area contributed by atoms with Crippen molar-refractivity contribution in [1.29, 1.82) is 0 Å². The van der Waals surface area contributed by atoms with Gasteiger partial charge in [0, 0.05) is 44.2 Å². The molecule has 1 N–H and O–H groups in total. The van der Waals surface area contributed by atoms with Crippen LogP contribution in [0.25, 0.3) is 0 Å². The number of amides is 1. The summed E-state index contributed by atoms with van der Waals surface area (Å²) in [6, 6.07) is 3.39. The van der Waals surface area contributed by atoms with Crippen LogP contribution in [0.2, 0.25) is 0 Å². The molecule has 114 valence electrons. The molecule has 0 radical (unpaired) electrons. The molecule has 1 amide bonds. The summed E-state index contributed by atoms with van der Waals surface area (Å²) in [4.78, 5) is 17.5. The van der Waals surface area contributed by atoms with E-state index >= 15 is 0 Å². The number of hydrazone groups is 1. The van der Waals surface area contributed by atoms with Gasteiger partial charge in [-0.05, 0) is 19.1 Å². The molecule has 0 spiro atoms. The van der Waals surface area contributed by atoms with Gasteiger partial charge in [0.25, 0.3) is 5.91 Å². The van der Waals surface area contributed by atoms with Crippen LogP contribution in [-0.4, -0.2) is 46.8 Å². The quantitative estimate of drug-likeness (QED) is 0.513. The van der Waals surface area contributed by atoms with Gasteiger partial charge in [0.05, 0.1) is 0 Å². The molecule has 0 saturated carbocycles. The third-order valence-electron chi connectivity index (χ3n) is 3.39. The van der Waals surface area contributed by atoms with Crippen LogP contribution in [0.3, 0.4) is 0 Å². The highest BCUT2D eigenvalue weighted by Crippen LogP contribution is 2.21. The number of rotatable bonds is 3. The number of anilines is 1. The molecule has 6 heteroatoms. The summed E-state index contributed by atoms with van der Waals surface area (Å²) >= 11 is 0. The Hall–Kier alpha value is -2.65. The maximum absolute atomic E-state index is 11.9. The van der Waals surface area contributed by atoms with Gasteiger partial charge >= 0.3 is 0 Å². The van der Waals surface area contributed by atoms with Crippen LogP contribution in [0.5, 0.6) is 0 Å². The van der Waals surface area contributed by atoms with E-state index in [9.17, 15) is 9.90 Å². The van der Waals surface area contributed by atoms with E-state index in [1.165, 1.54) is 9.91 Å². The summed E-state index contributed by atoms with van der Waals surface area (Å²) in [7, 11) is 1.65. The Morgan fingerprint density at radius 2 is 2.36 bits per heavy atom. The lowest BCUT2D eigenvalue weighted by Crippen LogP contribution is -2.37. The predicted molar refractivity (Wildman–Crippen MR) is 85.2 cm³/mol. The number of hydrogen-bond donors (Lipinski definition) is 1. The van der Waals surface area contributed by atoms with Gasteiger partial charge in [-0.2, -0.15) is 5.10 Å². The van der Waals surface area contributed by atoms with E-state index in [0.717, 1.165) is 0 Å². The lowest BCUT2D eigenvalue weighted by Gasteiger charge is -2.16. The first-order valence-electron chi connectivity index (χ1n) is 6.77. The van der Waals surface area contributed by atoms with Gasteiger partial charge in [0.2, 0.25) is 5.60 Å². The van der Waals surface area contributed by atoms with E-state index in [2.05, 4.69) is 35.2 Å². The molecule has 1 atom stereocenters. The molecule has 1 aromatic heterocycles. The van der Waals surface area contributed by atoms with Crippen molar-refractivity contribution in [2.45, 2.75) is 18.9 Å². The molecule has 2 rings (SSSR count). The van der Waals surface area contributed by atoms with Crippen molar-refractivity contribution in [3.63, 3.8) is 0 Å². The Balaban J connectivity index is 2.29. The van der Waals surface area contributed by atoms with Gasteiger partial charge in [-0.25, -0.2) is 9.99 Å². The molecule has 1 aromatic rings. The van der Waals surface area contributed by atoms with Crippen LogP contribution < -0.4 is 5.01 Å². The third kappa shape index (κ3) is 3.00. The van der Waals surface area contributed by atoms with E-state index in [1.807, 2.05) is 0 Å². The molecule has 2 heterocycles. The molecular weight excluding hydrogens is 280 g/mol. The maximum atomic E-state index is 11.9. The van der Waals surface area contributed by atoms with Gasteiger partial charge in [0.15, 0.2) is 5.82 Å². The SMILES string of the molecule is C=NN(C(=C)C)c1cc(C#C[C@]2(O)CCN(C)C2=O)ccn1. The minimum absolute atomic E-state index is 0.305. The number of likely N-dealkylation sites (N-methyl/N-ethyl adjacent to an activating group) is 1. The highest BCUT2D eigenvalue weighted by atomic mass is 16.3. The Morgan fingerprint density at radius 1 is 1.64 bits per heavy atom. The number of hydrogen-bond acceptors (Lipinski definition) is 5. The highest BCUT2D eigenvalue weighted by Gasteiger charge is 2.42. The number of likely N-dealkylation sites (tertiary alicyclic amines) is 1. The zero-order valence-electron chi connectivity index (χ0n) is 12.7. The standard InChI is InChI=1S/C16H18N4O2/c1-12(2)20(17-3)14-11-13(6-9-18-14)5-7-16(22)8-10-19(4)15(16)21/h6,9,11,22H,1,3,8,10H2,2,4H3/t16-/m0/s1. The van der Waals surface area contributed by atoms with Crippen molar-refractivity contribution in [2.75, 3.05) is 18.6 Å². The van der Waals surface area contributed by atoms with Crippen LogP contribution in [0.4, 0.5) is 5.82 Å². The summed E-state index contributed by atoms with van der Waals surface area (Å²) < 4.78 is 0. The number of pyridine rings is 1. The topological polar surface area (TPSA) is 69.0 Å².